The van der Waals surface area contributed by atoms with E-state index in [1.54, 1.807) is 63.2 Å². The summed E-state index contributed by atoms with van der Waals surface area (Å²) in [6, 6.07) is 21.8. The summed E-state index contributed by atoms with van der Waals surface area (Å²) in [6.07, 6.45) is -0.765. The zero-order chi connectivity index (χ0) is 31.6. The van der Waals surface area contributed by atoms with Crippen LogP contribution in [0.25, 0.3) is 11.1 Å². The Bertz CT molecular complexity index is 1420. The van der Waals surface area contributed by atoms with E-state index in [2.05, 4.69) is 16.0 Å². The molecule has 0 unspecified atom stereocenters. The summed E-state index contributed by atoms with van der Waals surface area (Å²) in [5, 5.41) is 19.4. The number of alkyl carbamates (subject to hydrolysis) is 1. The number of hydrogen-bond donors (Lipinski definition) is 3. The molecule has 3 rings (SSSR count). The third-order valence-corrected chi connectivity index (χ3v) is 6.23. The van der Waals surface area contributed by atoms with Crippen molar-refractivity contribution < 1.29 is 28.8 Å². The van der Waals surface area contributed by atoms with E-state index in [4.69, 9.17) is 9.47 Å². The Hall–Kier alpha value is -4.77. The van der Waals surface area contributed by atoms with E-state index in [9.17, 15) is 24.5 Å². The highest BCUT2D eigenvalue weighted by Gasteiger charge is 2.34. The Morgan fingerprint density at radius 1 is 0.860 bits per heavy atom. The average molecular weight is 591 g/mol. The summed E-state index contributed by atoms with van der Waals surface area (Å²) in [5.41, 5.74) is 0.665. The summed E-state index contributed by atoms with van der Waals surface area (Å²) in [5.74, 6) is -1.09. The average Bonchev–Trinajstić information content (AvgIpc) is 2.94. The van der Waals surface area contributed by atoms with Gasteiger partial charge in [0.1, 0.15) is 17.2 Å². The second kappa shape index (κ2) is 14.4. The number of nitrogens with zero attached hydrogens (tertiary/aromatic N) is 1. The summed E-state index contributed by atoms with van der Waals surface area (Å²) in [4.78, 5) is 49.7. The molecule has 0 heterocycles. The lowest BCUT2D eigenvalue weighted by molar-refractivity contribution is -0.384. The first-order valence-electron chi connectivity index (χ1n) is 13.8. The second-order valence-corrected chi connectivity index (χ2v) is 11.5. The molecule has 11 nitrogen and oxygen atoms in total. The molecule has 3 aromatic carbocycles. The van der Waals surface area contributed by atoms with E-state index in [0.717, 1.165) is 11.1 Å². The van der Waals surface area contributed by atoms with Crippen LogP contribution < -0.4 is 16.0 Å². The minimum atomic E-state index is -1.39. The number of ether oxygens (including phenoxy) is 2. The standard InChI is InChI=1S/C32H38N4O7/c1-31(2,3)43-30(39)35-32(4,5)29(38)34-26(21-42-20-23-11-7-6-8-12-23)28(37)33-19-22-15-17-24(18-16-22)25-13-9-10-14-27(25)36(40)41/h6-18,26H,19-21H2,1-5H3,(H,33,37)(H,34,38)(H,35,39)/t26-/m1/s1. The fourth-order valence-corrected chi connectivity index (χ4v) is 4.00. The van der Waals surface area contributed by atoms with Crippen LogP contribution in [0.5, 0.6) is 0 Å². The maximum Gasteiger partial charge on any atom is 0.408 e. The zero-order valence-electron chi connectivity index (χ0n) is 25.0. The van der Waals surface area contributed by atoms with E-state index in [-0.39, 0.29) is 25.4 Å². The van der Waals surface area contributed by atoms with Gasteiger partial charge in [-0.2, -0.15) is 0 Å². The molecule has 0 aliphatic heterocycles. The number of nitro groups is 1. The fourth-order valence-electron chi connectivity index (χ4n) is 4.00. The topological polar surface area (TPSA) is 149 Å². The highest BCUT2D eigenvalue weighted by atomic mass is 16.6. The Kier molecular flexibility index (Phi) is 11.0. The van der Waals surface area contributed by atoms with Crippen LogP contribution >= 0.6 is 0 Å². The molecular weight excluding hydrogens is 552 g/mol. The van der Waals surface area contributed by atoms with Crippen molar-refractivity contribution in [3.05, 3.63) is 100 Å². The molecule has 11 heteroatoms. The number of amides is 3. The van der Waals surface area contributed by atoms with E-state index in [0.29, 0.717) is 11.1 Å². The molecule has 43 heavy (non-hydrogen) atoms. The van der Waals surface area contributed by atoms with Crippen molar-refractivity contribution in [3.8, 4) is 11.1 Å². The van der Waals surface area contributed by atoms with Crippen LogP contribution in [0.15, 0.2) is 78.9 Å². The SMILES string of the molecule is CC(C)(C)OC(=O)NC(C)(C)C(=O)N[C@H](COCc1ccccc1)C(=O)NCc1ccc(-c2ccccc2[N+](=O)[O-])cc1. The molecule has 0 spiro atoms. The Morgan fingerprint density at radius 2 is 1.49 bits per heavy atom. The second-order valence-electron chi connectivity index (χ2n) is 11.5. The first-order valence-corrected chi connectivity index (χ1v) is 13.8. The van der Waals surface area contributed by atoms with Crippen molar-refractivity contribution in [2.75, 3.05) is 6.61 Å². The first kappa shape index (κ1) is 32.7. The minimum absolute atomic E-state index is 0.00159. The van der Waals surface area contributed by atoms with Gasteiger partial charge in [0.15, 0.2) is 0 Å². The van der Waals surface area contributed by atoms with Gasteiger partial charge in [-0.3, -0.25) is 19.7 Å². The van der Waals surface area contributed by atoms with Gasteiger partial charge in [-0.15, -0.1) is 0 Å². The molecule has 228 valence electrons. The Balaban J connectivity index is 1.68. The van der Waals surface area contributed by atoms with Gasteiger partial charge in [0.25, 0.3) is 5.69 Å². The summed E-state index contributed by atoms with van der Waals surface area (Å²) >= 11 is 0. The quantitative estimate of drug-likeness (QED) is 0.201. The molecule has 0 aliphatic carbocycles. The van der Waals surface area contributed by atoms with Crippen LogP contribution in [0.2, 0.25) is 0 Å². The largest absolute Gasteiger partial charge is 0.444 e. The molecule has 0 radical (unpaired) electrons. The first-order chi connectivity index (χ1) is 20.2. The predicted molar refractivity (Wildman–Crippen MR) is 162 cm³/mol. The molecule has 0 saturated carbocycles. The lowest BCUT2D eigenvalue weighted by Gasteiger charge is -2.29. The van der Waals surface area contributed by atoms with Crippen LogP contribution in [0.3, 0.4) is 0 Å². The number of nitrogens with one attached hydrogen (secondary N) is 3. The number of carbonyl (C=O) groups excluding carboxylic acids is 3. The molecule has 3 N–H and O–H groups in total. The minimum Gasteiger partial charge on any atom is -0.444 e. The van der Waals surface area contributed by atoms with Crippen molar-refractivity contribution in [1.29, 1.82) is 0 Å². The van der Waals surface area contributed by atoms with Crippen molar-refractivity contribution >= 4 is 23.6 Å². The van der Waals surface area contributed by atoms with E-state index < -0.39 is 40.0 Å². The van der Waals surface area contributed by atoms with Gasteiger partial charge in [0, 0.05) is 12.6 Å². The van der Waals surface area contributed by atoms with Gasteiger partial charge >= 0.3 is 6.09 Å². The molecule has 0 aromatic heterocycles. The van der Waals surface area contributed by atoms with Crippen LogP contribution in [0.1, 0.15) is 45.7 Å². The molecule has 3 aromatic rings. The van der Waals surface area contributed by atoms with E-state index >= 15 is 0 Å². The molecule has 1 atom stereocenters. The number of rotatable bonds is 12. The lowest BCUT2D eigenvalue weighted by atomic mass is 10.0. The molecule has 0 aliphatic rings. The fraction of sp³-hybridized carbons (Fsp3) is 0.344. The van der Waals surface area contributed by atoms with Crippen LogP contribution in [0, 0.1) is 10.1 Å². The number of para-hydroxylation sites is 1. The number of nitro benzene ring substituents is 1. The maximum atomic E-state index is 13.2. The van der Waals surface area contributed by atoms with Gasteiger partial charge in [-0.1, -0.05) is 66.7 Å². The van der Waals surface area contributed by atoms with Crippen LogP contribution in [-0.4, -0.2) is 46.6 Å². The van der Waals surface area contributed by atoms with Crippen molar-refractivity contribution in [1.82, 2.24) is 16.0 Å². The van der Waals surface area contributed by atoms with Gasteiger partial charge in [0.2, 0.25) is 11.8 Å². The number of benzene rings is 3. The molecule has 0 fully saturated rings. The predicted octanol–water partition coefficient (Wildman–Crippen LogP) is 4.88. The zero-order valence-corrected chi connectivity index (χ0v) is 25.0. The molecule has 0 bridgehead atoms. The monoisotopic (exact) mass is 590 g/mol. The molecular formula is C32H38N4O7. The van der Waals surface area contributed by atoms with Crippen LogP contribution in [-0.2, 0) is 32.2 Å². The van der Waals surface area contributed by atoms with Crippen molar-refractivity contribution in [3.63, 3.8) is 0 Å². The normalized spacial score (nSPS) is 12.1. The van der Waals surface area contributed by atoms with Crippen molar-refractivity contribution in [2.45, 2.75) is 65.0 Å². The van der Waals surface area contributed by atoms with Crippen LogP contribution in [0.4, 0.5) is 10.5 Å². The van der Waals surface area contributed by atoms with Gasteiger partial charge in [-0.25, -0.2) is 4.79 Å². The third-order valence-electron chi connectivity index (χ3n) is 6.23. The molecule has 0 saturated heterocycles. The molecule has 3 amide bonds. The lowest BCUT2D eigenvalue weighted by Crippen LogP contribution is -2.60. The highest BCUT2D eigenvalue weighted by Crippen LogP contribution is 2.29. The highest BCUT2D eigenvalue weighted by molar-refractivity contribution is 5.93. The smallest absolute Gasteiger partial charge is 0.408 e. The maximum absolute atomic E-state index is 13.2. The Labute approximate surface area is 251 Å². The third kappa shape index (κ3) is 10.2. The van der Waals surface area contributed by atoms with Gasteiger partial charge < -0.3 is 25.4 Å². The van der Waals surface area contributed by atoms with Crippen molar-refractivity contribution in [2.24, 2.45) is 0 Å². The van der Waals surface area contributed by atoms with Gasteiger partial charge in [0.05, 0.1) is 23.7 Å². The number of hydrogen-bond acceptors (Lipinski definition) is 7. The van der Waals surface area contributed by atoms with E-state index in [1.165, 1.54) is 19.9 Å². The summed E-state index contributed by atoms with van der Waals surface area (Å²) in [6.45, 7) is 8.39. The van der Waals surface area contributed by atoms with E-state index in [1.807, 2.05) is 30.3 Å². The summed E-state index contributed by atoms with van der Waals surface area (Å²) in [7, 11) is 0. The van der Waals surface area contributed by atoms with Gasteiger partial charge in [-0.05, 0) is 57.4 Å². The Morgan fingerprint density at radius 3 is 2.12 bits per heavy atom. The number of carbonyl (C=O) groups is 3. The summed E-state index contributed by atoms with van der Waals surface area (Å²) < 4.78 is 11.0.